The molecule has 0 atom stereocenters. The molecule has 0 amide bonds. The van der Waals surface area contributed by atoms with E-state index in [2.05, 4.69) is 0 Å². The lowest BCUT2D eigenvalue weighted by Crippen LogP contribution is -2.20. The minimum absolute atomic E-state index is 0.00407. The van der Waals surface area contributed by atoms with E-state index >= 15 is 0 Å². The molecule has 0 radical (unpaired) electrons. The molecule has 2 aromatic rings. The molecule has 0 saturated carbocycles. The standard InChI is InChI=1S/C14H11NO3S/c1-8-2-4-10-12(6-8)19(17,18)13-7-9(15)3-5-11(13)14(10)16/h2-7H,15H2,1H3. The number of carbonyl (C=O) groups is 1. The smallest absolute Gasteiger partial charge is 0.208 e. The number of sulfone groups is 1. The molecule has 5 heteroatoms. The van der Waals surface area contributed by atoms with Crippen molar-refractivity contribution in [2.24, 2.45) is 0 Å². The first-order chi connectivity index (χ1) is 8.91. The fourth-order valence-corrected chi connectivity index (χ4v) is 4.02. The predicted molar refractivity (Wildman–Crippen MR) is 70.9 cm³/mol. The first kappa shape index (κ1) is 11.9. The van der Waals surface area contributed by atoms with Crippen molar-refractivity contribution >= 4 is 21.3 Å². The molecular weight excluding hydrogens is 262 g/mol. The molecule has 0 fully saturated rings. The number of hydrogen-bond acceptors (Lipinski definition) is 4. The molecule has 2 aromatic carbocycles. The fraction of sp³-hybridized carbons (Fsp3) is 0.0714. The minimum atomic E-state index is -3.68. The van der Waals surface area contributed by atoms with Gasteiger partial charge in [0.25, 0.3) is 0 Å². The maximum absolute atomic E-state index is 12.5. The number of anilines is 1. The van der Waals surface area contributed by atoms with E-state index in [1.807, 2.05) is 0 Å². The Morgan fingerprint density at radius 2 is 1.53 bits per heavy atom. The monoisotopic (exact) mass is 273 g/mol. The summed E-state index contributed by atoms with van der Waals surface area (Å²) in [4.78, 5) is 12.4. The van der Waals surface area contributed by atoms with Crippen LogP contribution in [0.4, 0.5) is 5.69 Å². The van der Waals surface area contributed by atoms with Crippen molar-refractivity contribution in [1.29, 1.82) is 0 Å². The maximum atomic E-state index is 12.5. The zero-order valence-electron chi connectivity index (χ0n) is 10.2. The number of carbonyl (C=O) groups excluding carboxylic acids is 1. The molecule has 1 aliphatic rings. The summed E-state index contributed by atoms with van der Waals surface area (Å²) in [5, 5.41) is 0. The van der Waals surface area contributed by atoms with Crippen LogP contribution < -0.4 is 5.73 Å². The van der Waals surface area contributed by atoms with Gasteiger partial charge in [0, 0.05) is 16.8 Å². The van der Waals surface area contributed by atoms with Crippen molar-refractivity contribution < 1.29 is 13.2 Å². The van der Waals surface area contributed by atoms with Gasteiger partial charge in [0.1, 0.15) is 0 Å². The topological polar surface area (TPSA) is 77.2 Å². The molecule has 3 rings (SSSR count). The number of nitrogen functional groups attached to an aromatic ring is 1. The molecule has 1 aliphatic heterocycles. The van der Waals surface area contributed by atoms with E-state index < -0.39 is 9.84 Å². The molecule has 4 nitrogen and oxygen atoms in total. The summed E-state index contributed by atoms with van der Waals surface area (Å²) in [6.45, 7) is 1.79. The molecule has 2 N–H and O–H groups in total. The third-order valence-corrected chi connectivity index (χ3v) is 5.04. The van der Waals surface area contributed by atoms with Crippen LogP contribution >= 0.6 is 0 Å². The van der Waals surface area contributed by atoms with Gasteiger partial charge in [-0.25, -0.2) is 8.42 Å². The molecule has 0 unspecified atom stereocenters. The summed E-state index contributed by atoms with van der Waals surface area (Å²) in [6, 6.07) is 9.15. The van der Waals surface area contributed by atoms with Gasteiger partial charge in [0.05, 0.1) is 9.79 Å². The van der Waals surface area contributed by atoms with Gasteiger partial charge < -0.3 is 5.73 Å². The van der Waals surface area contributed by atoms with Crippen molar-refractivity contribution in [3.63, 3.8) is 0 Å². The number of fused-ring (bicyclic) bond motifs is 2. The van der Waals surface area contributed by atoms with Gasteiger partial charge in [-0.1, -0.05) is 6.07 Å². The molecule has 96 valence electrons. The van der Waals surface area contributed by atoms with E-state index in [1.54, 1.807) is 19.1 Å². The Bertz CT molecular complexity index is 761. The zero-order chi connectivity index (χ0) is 13.8. The van der Waals surface area contributed by atoms with E-state index in [0.717, 1.165) is 5.56 Å². The van der Waals surface area contributed by atoms with Crippen LogP contribution in [0.5, 0.6) is 0 Å². The summed E-state index contributed by atoms with van der Waals surface area (Å²) in [5.74, 6) is -0.278. The van der Waals surface area contributed by atoms with Gasteiger partial charge in [-0.2, -0.15) is 0 Å². The highest BCUT2D eigenvalue weighted by Gasteiger charge is 2.34. The number of hydrogen-bond donors (Lipinski definition) is 1. The quantitative estimate of drug-likeness (QED) is 0.635. The highest BCUT2D eigenvalue weighted by Crippen LogP contribution is 2.35. The Morgan fingerprint density at radius 1 is 0.947 bits per heavy atom. The van der Waals surface area contributed by atoms with Crippen LogP contribution in [0, 0.1) is 6.92 Å². The van der Waals surface area contributed by atoms with Crippen molar-refractivity contribution in [3.8, 4) is 0 Å². The van der Waals surface area contributed by atoms with Gasteiger partial charge in [-0.15, -0.1) is 0 Å². The lowest BCUT2D eigenvalue weighted by molar-refractivity contribution is 0.103. The van der Waals surface area contributed by atoms with E-state index in [1.165, 1.54) is 24.3 Å². The first-order valence-corrected chi connectivity index (χ1v) is 7.19. The molecule has 0 aliphatic carbocycles. The number of rotatable bonds is 0. The number of benzene rings is 2. The average molecular weight is 273 g/mol. The predicted octanol–water partition coefficient (Wildman–Crippen LogP) is 1.95. The van der Waals surface area contributed by atoms with Crippen molar-refractivity contribution in [2.45, 2.75) is 16.7 Å². The summed E-state index contributed by atoms with van der Waals surface area (Å²) < 4.78 is 25.1. The SMILES string of the molecule is Cc1ccc2c(c1)S(=O)(=O)c1cc(N)ccc1C2=O. The van der Waals surface area contributed by atoms with Crippen LogP contribution in [-0.2, 0) is 9.84 Å². The van der Waals surface area contributed by atoms with Gasteiger partial charge in [0.2, 0.25) is 9.84 Å². The Hall–Kier alpha value is -2.14. The lowest BCUT2D eigenvalue weighted by atomic mass is 10.0. The first-order valence-electron chi connectivity index (χ1n) is 5.71. The van der Waals surface area contributed by atoms with Gasteiger partial charge in [-0.3, -0.25) is 4.79 Å². The number of ketones is 1. The summed E-state index contributed by atoms with van der Waals surface area (Å²) >= 11 is 0. The normalized spacial score (nSPS) is 15.7. The van der Waals surface area contributed by atoms with Crippen LogP contribution in [0.25, 0.3) is 0 Å². The van der Waals surface area contributed by atoms with Crippen molar-refractivity contribution in [2.75, 3.05) is 5.73 Å². The largest absolute Gasteiger partial charge is 0.399 e. The molecule has 0 bridgehead atoms. The average Bonchev–Trinajstić information content (AvgIpc) is 2.36. The highest BCUT2D eigenvalue weighted by molar-refractivity contribution is 7.91. The molecule has 0 saturated heterocycles. The lowest BCUT2D eigenvalue weighted by Gasteiger charge is -2.19. The van der Waals surface area contributed by atoms with Crippen LogP contribution in [0.3, 0.4) is 0 Å². The third-order valence-electron chi connectivity index (χ3n) is 3.21. The Kier molecular flexibility index (Phi) is 2.31. The van der Waals surface area contributed by atoms with Gasteiger partial charge >= 0.3 is 0 Å². The second kappa shape index (κ2) is 3.68. The summed E-state index contributed by atoms with van der Waals surface area (Å²) in [5.41, 5.74) is 7.15. The van der Waals surface area contributed by atoms with Gasteiger partial charge in [0.15, 0.2) is 5.78 Å². The second-order valence-corrected chi connectivity index (χ2v) is 6.47. The maximum Gasteiger partial charge on any atom is 0.208 e. The number of nitrogens with two attached hydrogens (primary N) is 1. The summed E-state index contributed by atoms with van der Waals surface area (Å²) in [7, 11) is -3.68. The van der Waals surface area contributed by atoms with Gasteiger partial charge in [-0.05, 0) is 42.8 Å². The Balaban J connectivity index is 2.44. The summed E-state index contributed by atoms with van der Waals surface area (Å²) in [6.07, 6.45) is 0. The second-order valence-electron chi connectivity index (χ2n) is 4.59. The van der Waals surface area contributed by atoms with E-state index in [-0.39, 0.29) is 26.7 Å². The third kappa shape index (κ3) is 1.58. The van der Waals surface area contributed by atoms with Crippen LogP contribution in [-0.4, -0.2) is 14.2 Å². The molecule has 1 heterocycles. The minimum Gasteiger partial charge on any atom is -0.399 e. The van der Waals surface area contributed by atoms with Crippen molar-refractivity contribution in [1.82, 2.24) is 0 Å². The highest BCUT2D eigenvalue weighted by atomic mass is 32.2. The molecule has 0 aromatic heterocycles. The Labute approximate surface area is 110 Å². The fourth-order valence-electron chi connectivity index (χ4n) is 2.25. The van der Waals surface area contributed by atoms with Crippen LogP contribution in [0.15, 0.2) is 46.2 Å². The van der Waals surface area contributed by atoms with Crippen LogP contribution in [0.2, 0.25) is 0 Å². The van der Waals surface area contributed by atoms with E-state index in [0.29, 0.717) is 5.69 Å². The van der Waals surface area contributed by atoms with Crippen LogP contribution in [0.1, 0.15) is 21.5 Å². The molecular formula is C14H11NO3S. The molecule has 19 heavy (non-hydrogen) atoms. The molecule has 0 spiro atoms. The van der Waals surface area contributed by atoms with E-state index in [9.17, 15) is 13.2 Å². The Morgan fingerprint density at radius 3 is 2.21 bits per heavy atom. The van der Waals surface area contributed by atoms with E-state index in [4.69, 9.17) is 5.73 Å². The number of aryl methyl sites for hydroxylation is 1. The van der Waals surface area contributed by atoms with Crippen molar-refractivity contribution in [3.05, 3.63) is 53.1 Å². The zero-order valence-corrected chi connectivity index (χ0v) is 11.0.